The minimum atomic E-state index is -4.91. The number of anilines is 1. The average molecular weight is 770 g/mol. The summed E-state index contributed by atoms with van der Waals surface area (Å²) < 4.78 is 89.7. The van der Waals surface area contributed by atoms with E-state index in [0.29, 0.717) is 66.5 Å². The number of carbonyl (C=O) groups is 2. The maximum absolute atomic E-state index is 14.3. The van der Waals surface area contributed by atoms with Gasteiger partial charge in [0.25, 0.3) is 5.56 Å². The molecule has 1 atom stereocenters. The van der Waals surface area contributed by atoms with Gasteiger partial charge in [-0.25, -0.2) is 0 Å². The van der Waals surface area contributed by atoms with E-state index in [1.807, 2.05) is 0 Å². The number of likely N-dealkylation sites (tertiary alicyclic amines) is 2. The summed E-state index contributed by atoms with van der Waals surface area (Å²) in [7, 11) is 1.60. The first-order valence-electron chi connectivity index (χ1n) is 18.4. The van der Waals surface area contributed by atoms with Gasteiger partial charge in [0.2, 0.25) is 11.8 Å². The molecule has 2 N–H and O–H groups in total. The maximum Gasteiger partial charge on any atom is 0.573 e. The number of ether oxygens (including phenoxy) is 1. The van der Waals surface area contributed by atoms with Gasteiger partial charge in [0.05, 0.1) is 5.56 Å². The smallest absolute Gasteiger partial charge is 0.405 e. The largest absolute Gasteiger partial charge is 0.573 e. The number of pyridine rings is 1. The van der Waals surface area contributed by atoms with Crippen LogP contribution in [-0.2, 0) is 29.4 Å². The summed E-state index contributed by atoms with van der Waals surface area (Å²) in [5, 5.41) is 6.14. The second-order valence-electron chi connectivity index (χ2n) is 14.6. The molecule has 0 spiro atoms. The monoisotopic (exact) mass is 769 g/mol. The third kappa shape index (κ3) is 8.67. The van der Waals surface area contributed by atoms with Crippen molar-refractivity contribution in [2.75, 3.05) is 31.5 Å². The van der Waals surface area contributed by atoms with Crippen molar-refractivity contribution < 1.29 is 40.7 Å². The molecule has 15 heteroatoms. The predicted molar refractivity (Wildman–Crippen MR) is 194 cm³/mol. The van der Waals surface area contributed by atoms with Gasteiger partial charge in [-0.05, 0) is 105 Å². The Labute approximate surface area is 313 Å². The Morgan fingerprint density at radius 3 is 2.22 bits per heavy atom. The Morgan fingerprint density at radius 2 is 1.55 bits per heavy atom. The van der Waals surface area contributed by atoms with E-state index in [1.54, 1.807) is 55.7 Å². The molecular weight excluding hydrogens is 728 g/mol. The van der Waals surface area contributed by atoms with Crippen LogP contribution in [-0.4, -0.2) is 70.8 Å². The third-order valence-electron chi connectivity index (χ3n) is 11.1. The van der Waals surface area contributed by atoms with Crippen LogP contribution in [0.15, 0.2) is 71.7 Å². The van der Waals surface area contributed by atoms with Crippen LogP contribution in [0, 0.1) is 0 Å². The second kappa shape index (κ2) is 15.3. The molecule has 1 aromatic heterocycles. The van der Waals surface area contributed by atoms with Gasteiger partial charge in [-0.15, -0.1) is 13.2 Å². The number of fused-ring (bicyclic) bond motifs is 1. The maximum atomic E-state index is 14.3. The molecule has 292 valence electrons. The van der Waals surface area contributed by atoms with Crippen LogP contribution in [0.4, 0.5) is 32.0 Å². The van der Waals surface area contributed by atoms with Crippen LogP contribution >= 0.6 is 0 Å². The summed E-state index contributed by atoms with van der Waals surface area (Å²) in [4.78, 5) is 40.7. The van der Waals surface area contributed by atoms with Crippen molar-refractivity contribution in [2.45, 2.75) is 75.6 Å². The summed E-state index contributed by atoms with van der Waals surface area (Å²) >= 11 is 0. The van der Waals surface area contributed by atoms with Crippen LogP contribution in [0.3, 0.4) is 0 Å². The summed E-state index contributed by atoms with van der Waals surface area (Å²) in [6, 6.07) is 15.2. The zero-order valence-electron chi connectivity index (χ0n) is 30.1. The predicted octanol–water partition coefficient (Wildman–Crippen LogP) is 7.18. The van der Waals surface area contributed by atoms with Crippen LogP contribution in [0.2, 0.25) is 0 Å². The van der Waals surface area contributed by atoms with E-state index in [9.17, 15) is 40.7 Å². The average Bonchev–Trinajstić information content (AvgIpc) is 3.14. The topological polar surface area (TPSA) is 95.9 Å². The van der Waals surface area contributed by atoms with Crippen molar-refractivity contribution in [3.63, 3.8) is 0 Å². The number of alkyl halides is 6. The first-order chi connectivity index (χ1) is 26.1. The van der Waals surface area contributed by atoms with Crippen molar-refractivity contribution in [2.24, 2.45) is 7.05 Å². The van der Waals surface area contributed by atoms with Gasteiger partial charge in [0, 0.05) is 54.5 Å². The lowest BCUT2D eigenvalue weighted by molar-refractivity contribution is -0.275. The number of hydrogen-bond acceptors (Lipinski definition) is 7. The number of piperidine rings is 3. The molecule has 0 radical (unpaired) electrons. The quantitative estimate of drug-likeness (QED) is 0.145. The minimum absolute atomic E-state index is 0.107. The Morgan fingerprint density at radius 1 is 0.836 bits per heavy atom. The van der Waals surface area contributed by atoms with Crippen LogP contribution in [0.5, 0.6) is 5.75 Å². The molecule has 2 amide bonds. The lowest BCUT2D eigenvalue weighted by atomic mass is 9.85. The van der Waals surface area contributed by atoms with Gasteiger partial charge in [-0.1, -0.05) is 36.4 Å². The summed E-state index contributed by atoms with van der Waals surface area (Å²) in [5.41, 5.74) is 0.922. The molecule has 0 saturated carbocycles. The fraction of sp³-hybridized carbons (Fsp3) is 0.425. The van der Waals surface area contributed by atoms with Crippen LogP contribution < -0.4 is 20.9 Å². The third-order valence-corrected chi connectivity index (χ3v) is 11.1. The number of carbonyl (C=O) groups excluding carboxylic acids is 2. The number of benzene rings is 3. The molecule has 3 fully saturated rings. The molecule has 3 aliphatic rings. The number of halogens is 6. The number of imide groups is 1. The molecule has 1 unspecified atom stereocenters. The highest BCUT2D eigenvalue weighted by molar-refractivity contribution is 6.01. The van der Waals surface area contributed by atoms with Crippen molar-refractivity contribution in [1.29, 1.82) is 0 Å². The first kappa shape index (κ1) is 38.4. The van der Waals surface area contributed by atoms with Crippen molar-refractivity contribution in [3.05, 3.63) is 93.9 Å². The Hall–Kier alpha value is -4.89. The first-order valence-corrected chi connectivity index (χ1v) is 18.4. The number of rotatable bonds is 8. The van der Waals surface area contributed by atoms with Gasteiger partial charge in [-0.2, -0.15) is 13.2 Å². The highest BCUT2D eigenvalue weighted by Gasteiger charge is 2.38. The lowest BCUT2D eigenvalue weighted by Crippen LogP contribution is -2.47. The van der Waals surface area contributed by atoms with E-state index >= 15 is 0 Å². The number of aryl methyl sites for hydroxylation is 1. The molecule has 7 rings (SSSR count). The number of amides is 2. The van der Waals surface area contributed by atoms with Gasteiger partial charge in [-0.3, -0.25) is 24.6 Å². The number of aromatic nitrogens is 1. The van der Waals surface area contributed by atoms with Crippen LogP contribution in [0.25, 0.3) is 21.9 Å². The summed E-state index contributed by atoms with van der Waals surface area (Å²) in [6.07, 6.45) is -4.99. The molecule has 0 bridgehead atoms. The standard InChI is InChI=1S/C40H41F6N5O4/c1-49-23-32(30-4-2-3-5-31(30)38(49)54)25-6-7-26(35(20-25)55-40(44,45)46)22-50-16-14-28(15-17-50)51-18-12-24(13-19-51)29-9-8-27(21-33(29)39(41,42)43)47-34-10-11-36(52)48-37(34)53/h2-9,20-21,23-24,28,34,47H,10-19,22H2,1H3,(H,48,52,53). The molecule has 55 heavy (non-hydrogen) atoms. The van der Waals surface area contributed by atoms with Gasteiger partial charge < -0.3 is 19.5 Å². The minimum Gasteiger partial charge on any atom is -0.405 e. The van der Waals surface area contributed by atoms with E-state index in [0.717, 1.165) is 18.9 Å². The van der Waals surface area contributed by atoms with Gasteiger partial charge >= 0.3 is 12.5 Å². The molecule has 4 heterocycles. The summed E-state index contributed by atoms with van der Waals surface area (Å²) in [6.45, 7) is 2.73. The van der Waals surface area contributed by atoms with Crippen molar-refractivity contribution >= 4 is 28.3 Å². The molecule has 3 aliphatic heterocycles. The highest BCUT2D eigenvalue weighted by Crippen LogP contribution is 2.41. The van der Waals surface area contributed by atoms with E-state index in [2.05, 4.69) is 25.2 Å². The Kier molecular flexibility index (Phi) is 10.7. The van der Waals surface area contributed by atoms with Crippen molar-refractivity contribution in [1.82, 2.24) is 19.7 Å². The number of hydrogen-bond donors (Lipinski definition) is 2. The van der Waals surface area contributed by atoms with E-state index in [4.69, 9.17) is 0 Å². The molecule has 3 saturated heterocycles. The number of nitrogens with zero attached hydrogens (tertiary/aromatic N) is 3. The second-order valence-corrected chi connectivity index (χ2v) is 14.6. The fourth-order valence-electron chi connectivity index (χ4n) is 8.26. The lowest BCUT2D eigenvalue weighted by Gasteiger charge is -2.42. The summed E-state index contributed by atoms with van der Waals surface area (Å²) in [5.74, 6) is -1.57. The van der Waals surface area contributed by atoms with Gasteiger partial charge in [0.1, 0.15) is 11.8 Å². The Balaban J connectivity index is 0.984. The zero-order chi connectivity index (χ0) is 39.1. The normalized spacial score (nSPS) is 19.8. The Bertz CT molecular complexity index is 2140. The fourth-order valence-corrected chi connectivity index (χ4v) is 8.26. The van der Waals surface area contributed by atoms with E-state index in [-0.39, 0.29) is 53.9 Å². The molecular formula is C40H41F6N5O4. The highest BCUT2D eigenvalue weighted by atomic mass is 19.4. The van der Waals surface area contributed by atoms with Crippen LogP contribution in [0.1, 0.15) is 61.1 Å². The van der Waals surface area contributed by atoms with E-state index < -0.39 is 36.0 Å². The molecule has 3 aromatic carbocycles. The SMILES string of the molecule is Cn1cc(-c2ccc(CN3CCC(N4CCC(c5ccc(NC6CCC(=O)NC6=O)cc5C(F)(F)F)CC4)CC3)c(OC(F)(F)F)c2)c2ccccc2c1=O. The molecule has 4 aromatic rings. The van der Waals surface area contributed by atoms with Crippen molar-refractivity contribution in [3.8, 4) is 16.9 Å². The molecule has 9 nitrogen and oxygen atoms in total. The number of nitrogens with one attached hydrogen (secondary N) is 2. The van der Waals surface area contributed by atoms with E-state index in [1.165, 1.54) is 16.7 Å². The van der Waals surface area contributed by atoms with Gasteiger partial charge in [0.15, 0.2) is 0 Å². The zero-order valence-corrected chi connectivity index (χ0v) is 30.1. The molecule has 0 aliphatic carbocycles.